The number of ether oxygens (including phenoxy) is 1. The average Bonchev–Trinajstić information content (AvgIpc) is 2.63. The smallest absolute Gasteiger partial charge is 0.410 e. The number of fused-ring (bicyclic) bond motifs is 1. The molecule has 5 nitrogen and oxygen atoms in total. The van der Waals surface area contributed by atoms with Gasteiger partial charge in [0.1, 0.15) is 5.60 Å². The normalized spacial score (nSPS) is 15.3. The number of nitrogens with zero attached hydrogens (tertiary/aromatic N) is 3. The van der Waals surface area contributed by atoms with Gasteiger partial charge in [-0.1, -0.05) is 0 Å². The van der Waals surface area contributed by atoms with Crippen molar-refractivity contribution in [3.63, 3.8) is 0 Å². The molecule has 0 aliphatic carbocycles. The molecule has 5 heteroatoms. The molecule has 1 aliphatic rings. The van der Waals surface area contributed by atoms with Crippen molar-refractivity contribution in [2.75, 3.05) is 6.54 Å². The van der Waals surface area contributed by atoms with Crippen molar-refractivity contribution >= 4 is 6.09 Å². The Kier molecular flexibility index (Phi) is 3.56. The van der Waals surface area contributed by atoms with Gasteiger partial charge < -0.3 is 9.64 Å². The third-order valence-corrected chi connectivity index (χ3v) is 3.34. The molecule has 106 valence electrons. The first-order valence-corrected chi connectivity index (χ1v) is 6.85. The fourth-order valence-electron chi connectivity index (χ4n) is 2.39. The lowest BCUT2D eigenvalue weighted by Crippen LogP contribution is -2.39. The van der Waals surface area contributed by atoms with Crippen molar-refractivity contribution in [1.82, 2.24) is 14.7 Å². The van der Waals surface area contributed by atoms with Crippen LogP contribution in [0.2, 0.25) is 0 Å². The highest BCUT2D eigenvalue weighted by Gasteiger charge is 2.28. The second-order valence-corrected chi connectivity index (χ2v) is 5.98. The molecule has 2 rings (SSSR count). The number of carbonyl (C=O) groups is 1. The van der Waals surface area contributed by atoms with E-state index in [4.69, 9.17) is 4.74 Å². The predicted molar refractivity (Wildman–Crippen MR) is 73.0 cm³/mol. The molecular formula is C14H23N3O2. The molecule has 19 heavy (non-hydrogen) atoms. The Balaban J connectivity index is 2.12. The number of aryl methyl sites for hydroxylation is 1. The van der Waals surface area contributed by atoms with E-state index in [9.17, 15) is 4.79 Å². The molecule has 0 saturated carbocycles. The van der Waals surface area contributed by atoms with Gasteiger partial charge in [-0.05, 0) is 46.6 Å². The van der Waals surface area contributed by atoms with Gasteiger partial charge in [0, 0.05) is 18.8 Å². The summed E-state index contributed by atoms with van der Waals surface area (Å²) >= 11 is 0. The number of hydrogen-bond acceptors (Lipinski definition) is 3. The van der Waals surface area contributed by atoms with Crippen LogP contribution in [-0.2, 0) is 24.2 Å². The van der Waals surface area contributed by atoms with Crippen LogP contribution in [-0.4, -0.2) is 32.9 Å². The molecule has 0 N–H and O–H groups in total. The molecule has 0 saturated heterocycles. The summed E-state index contributed by atoms with van der Waals surface area (Å²) in [6.45, 7) is 12.0. The molecule has 0 aromatic carbocycles. The molecule has 0 unspecified atom stereocenters. The molecule has 0 bridgehead atoms. The van der Waals surface area contributed by atoms with Gasteiger partial charge in [0.25, 0.3) is 0 Å². The summed E-state index contributed by atoms with van der Waals surface area (Å²) in [6.07, 6.45) is 0.613. The SMILES string of the molecule is CCn1nc2c(c1C)CCN(C(=O)OC(C)(C)C)C2. The van der Waals surface area contributed by atoms with Crippen molar-refractivity contribution < 1.29 is 9.53 Å². The largest absolute Gasteiger partial charge is 0.444 e. The summed E-state index contributed by atoms with van der Waals surface area (Å²) in [7, 11) is 0. The van der Waals surface area contributed by atoms with Crippen molar-refractivity contribution in [1.29, 1.82) is 0 Å². The average molecular weight is 265 g/mol. The van der Waals surface area contributed by atoms with Gasteiger partial charge in [-0.25, -0.2) is 4.79 Å². The van der Waals surface area contributed by atoms with E-state index in [2.05, 4.69) is 18.9 Å². The van der Waals surface area contributed by atoms with Crippen LogP contribution in [0.3, 0.4) is 0 Å². The maximum atomic E-state index is 12.1. The molecule has 1 aliphatic heterocycles. The summed E-state index contributed by atoms with van der Waals surface area (Å²) in [6, 6.07) is 0. The molecule has 0 atom stereocenters. The first-order valence-electron chi connectivity index (χ1n) is 6.85. The minimum atomic E-state index is -0.448. The first-order chi connectivity index (χ1) is 8.81. The van der Waals surface area contributed by atoms with Gasteiger partial charge in [0.2, 0.25) is 0 Å². The lowest BCUT2D eigenvalue weighted by atomic mass is 10.1. The summed E-state index contributed by atoms with van der Waals surface area (Å²) in [5, 5.41) is 4.57. The van der Waals surface area contributed by atoms with Crippen LogP contribution < -0.4 is 0 Å². The first kappa shape index (κ1) is 13.9. The van der Waals surface area contributed by atoms with E-state index in [0.717, 1.165) is 18.7 Å². The van der Waals surface area contributed by atoms with Gasteiger partial charge in [-0.3, -0.25) is 4.68 Å². The van der Waals surface area contributed by atoms with Crippen LogP contribution in [0, 0.1) is 6.92 Å². The summed E-state index contributed by atoms with van der Waals surface area (Å²) in [5.41, 5.74) is 3.08. The van der Waals surface area contributed by atoms with E-state index < -0.39 is 5.60 Å². The third kappa shape index (κ3) is 2.91. The fourth-order valence-corrected chi connectivity index (χ4v) is 2.39. The lowest BCUT2D eigenvalue weighted by molar-refractivity contribution is 0.0221. The number of hydrogen-bond donors (Lipinski definition) is 0. The van der Waals surface area contributed by atoms with Crippen LogP contribution in [0.4, 0.5) is 4.79 Å². The molecule has 1 aromatic heterocycles. The number of amides is 1. The Bertz CT molecular complexity index is 486. The number of carbonyl (C=O) groups excluding carboxylic acids is 1. The second-order valence-electron chi connectivity index (χ2n) is 5.98. The summed E-state index contributed by atoms with van der Waals surface area (Å²) < 4.78 is 7.41. The Labute approximate surface area is 114 Å². The molecule has 1 aromatic rings. The van der Waals surface area contributed by atoms with E-state index >= 15 is 0 Å². The Hall–Kier alpha value is -1.52. The predicted octanol–water partition coefficient (Wildman–Crippen LogP) is 2.50. The maximum Gasteiger partial charge on any atom is 0.410 e. The van der Waals surface area contributed by atoms with Crippen molar-refractivity contribution in [3.8, 4) is 0 Å². The van der Waals surface area contributed by atoms with Gasteiger partial charge in [0.15, 0.2) is 0 Å². The molecule has 0 radical (unpaired) electrons. The van der Waals surface area contributed by atoms with E-state index in [1.807, 2.05) is 25.5 Å². The van der Waals surface area contributed by atoms with Crippen LogP contribution in [0.1, 0.15) is 44.6 Å². The van der Waals surface area contributed by atoms with Crippen LogP contribution in [0.5, 0.6) is 0 Å². The summed E-state index contributed by atoms with van der Waals surface area (Å²) in [4.78, 5) is 13.8. The van der Waals surface area contributed by atoms with Crippen molar-refractivity contribution in [3.05, 3.63) is 17.0 Å². The van der Waals surface area contributed by atoms with Crippen LogP contribution in [0.25, 0.3) is 0 Å². The standard InChI is InChI=1S/C14H23N3O2/c1-6-17-10(2)11-7-8-16(9-12(11)15-17)13(18)19-14(3,4)5/h6-9H2,1-5H3. The Morgan fingerprint density at radius 1 is 1.42 bits per heavy atom. The van der Waals surface area contributed by atoms with Gasteiger partial charge in [-0.2, -0.15) is 5.10 Å². The molecule has 0 fully saturated rings. The quantitative estimate of drug-likeness (QED) is 0.784. The summed E-state index contributed by atoms with van der Waals surface area (Å²) in [5.74, 6) is 0. The van der Waals surface area contributed by atoms with Gasteiger partial charge in [-0.15, -0.1) is 0 Å². The zero-order valence-electron chi connectivity index (χ0n) is 12.5. The number of aromatic nitrogens is 2. The highest BCUT2D eigenvalue weighted by Crippen LogP contribution is 2.23. The topological polar surface area (TPSA) is 47.4 Å². The van der Waals surface area contributed by atoms with Crippen LogP contribution >= 0.6 is 0 Å². The second kappa shape index (κ2) is 4.87. The monoisotopic (exact) mass is 265 g/mol. The van der Waals surface area contributed by atoms with Gasteiger partial charge in [0.05, 0.1) is 12.2 Å². The number of rotatable bonds is 1. The Morgan fingerprint density at radius 3 is 2.68 bits per heavy atom. The highest BCUT2D eigenvalue weighted by atomic mass is 16.6. The minimum absolute atomic E-state index is 0.248. The maximum absolute atomic E-state index is 12.1. The minimum Gasteiger partial charge on any atom is -0.444 e. The Morgan fingerprint density at radius 2 is 2.11 bits per heavy atom. The molecular weight excluding hydrogens is 242 g/mol. The molecule has 0 spiro atoms. The van der Waals surface area contributed by atoms with Gasteiger partial charge >= 0.3 is 6.09 Å². The van der Waals surface area contributed by atoms with E-state index in [1.54, 1.807) is 4.90 Å². The molecule has 2 heterocycles. The van der Waals surface area contributed by atoms with Crippen LogP contribution in [0.15, 0.2) is 0 Å². The van der Waals surface area contributed by atoms with E-state index in [1.165, 1.54) is 11.3 Å². The lowest BCUT2D eigenvalue weighted by Gasteiger charge is -2.29. The molecule has 1 amide bonds. The highest BCUT2D eigenvalue weighted by molar-refractivity contribution is 5.68. The van der Waals surface area contributed by atoms with Crippen molar-refractivity contribution in [2.45, 2.75) is 59.7 Å². The van der Waals surface area contributed by atoms with E-state index in [0.29, 0.717) is 13.1 Å². The zero-order valence-corrected chi connectivity index (χ0v) is 12.5. The third-order valence-electron chi connectivity index (χ3n) is 3.34. The van der Waals surface area contributed by atoms with E-state index in [-0.39, 0.29) is 6.09 Å². The zero-order chi connectivity index (χ0) is 14.2. The fraction of sp³-hybridized carbons (Fsp3) is 0.714. The van der Waals surface area contributed by atoms with Crippen molar-refractivity contribution in [2.24, 2.45) is 0 Å².